The van der Waals surface area contributed by atoms with E-state index < -0.39 is 10.0 Å². The average Bonchev–Trinajstić information content (AvgIpc) is 2.40. The highest BCUT2D eigenvalue weighted by molar-refractivity contribution is 7.92. The number of nitrogens with zero attached hydrogens (tertiary/aromatic N) is 1. The van der Waals surface area contributed by atoms with Gasteiger partial charge in [-0.05, 0) is 44.2 Å². The maximum Gasteiger partial charge on any atom is 0.262 e. The maximum atomic E-state index is 12.3. The summed E-state index contributed by atoms with van der Waals surface area (Å²) in [5, 5.41) is 0. The minimum absolute atomic E-state index is 0.0850. The van der Waals surface area contributed by atoms with Crippen LogP contribution in [-0.4, -0.2) is 19.5 Å². The fourth-order valence-electron chi connectivity index (χ4n) is 1.67. The number of ether oxygens (including phenoxy) is 1. The zero-order chi connectivity index (χ0) is 15.5. The Morgan fingerprint density at radius 3 is 2.67 bits per heavy atom. The molecule has 1 heterocycles. The minimum atomic E-state index is -3.74. The predicted octanol–water partition coefficient (Wildman–Crippen LogP) is 2.25. The summed E-state index contributed by atoms with van der Waals surface area (Å²) in [6.07, 6.45) is 1.42. The Kier molecular flexibility index (Phi) is 4.32. The van der Waals surface area contributed by atoms with Gasteiger partial charge in [0, 0.05) is 11.9 Å². The molecule has 6 nitrogen and oxygen atoms in total. The van der Waals surface area contributed by atoms with Gasteiger partial charge in [-0.25, -0.2) is 13.4 Å². The molecule has 21 heavy (non-hydrogen) atoms. The first kappa shape index (κ1) is 15.1. The van der Waals surface area contributed by atoms with Crippen LogP contribution < -0.4 is 15.2 Å². The molecule has 112 valence electrons. The summed E-state index contributed by atoms with van der Waals surface area (Å²) < 4.78 is 32.6. The van der Waals surface area contributed by atoms with E-state index in [1.54, 1.807) is 24.3 Å². The number of nitrogen functional groups attached to an aromatic ring is 1. The third-order valence-electron chi connectivity index (χ3n) is 2.53. The predicted molar refractivity (Wildman–Crippen MR) is 81.7 cm³/mol. The van der Waals surface area contributed by atoms with Gasteiger partial charge in [0.2, 0.25) is 5.88 Å². The lowest BCUT2D eigenvalue weighted by Gasteiger charge is -2.14. The first-order valence-corrected chi connectivity index (χ1v) is 7.87. The van der Waals surface area contributed by atoms with Crippen molar-refractivity contribution in [1.29, 1.82) is 0 Å². The second-order valence-electron chi connectivity index (χ2n) is 4.70. The van der Waals surface area contributed by atoms with Crippen molar-refractivity contribution in [3.05, 3.63) is 42.6 Å². The standard InChI is InChI=1S/C14H17N3O3S/c1-10(2)20-14-13(7-4-8-16-14)17-21(18,19)12-6-3-5-11(15)9-12/h3-10,17H,15H2,1-2H3. The summed E-state index contributed by atoms with van der Waals surface area (Å²) in [5.41, 5.74) is 6.28. The van der Waals surface area contributed by atoms with E-state index >= 15 is 0 Å². The Hall–Kier alpha value is -2.28. The van der Waals surface area contributed by atoms with Gasteiger partial charge in [-0.15, -0.1) is 0 Å². The lowest BCUT2D eigenvalue weighted by Crippen LogP contribution is -2.16. The normalized spacial score (nSPS) is 11.4. The van der Waals surface area contributed by atoms with Crippen LogP contribution in [0.5, 0.6) is 5.88 Å². The molecule has 2 aromatic rings. The van der Waals surface area contributed by atoms with E-state index in [-0.39, 0.29) is 22.6 Å². The van der Waals surface area contributed by atoms with Crippen LogP contribution in [0.3, 0.4) is 0 Å². The number of hydrogen-bond acceptors (Lipinski definition) is 5. The quantitative estimate of drug-likeness (QED) is 0.826. The number of nitrogens with one attached hydrogen (secondary N) is 1. The molecule has 3 N–H and O–H groups in total. The first-order valence-electron chi connectivity index (χ1n) is 6.38. The zero-order valence-corrected chi connectivity index (χ0v) is 12.6. The highest BCUT2D eigenvalue weighted by Crippen LogP contribution is 2.25. The van der Waals surface area contributed by atoms with Crippen LogP contribution in [0.1, 0.15) is 13.8 Å². The molecule has 0 aliphatic heterocycles. The van der Waals surface area contributed by atoms with E-state index in [9.17, 15) is 8.42 Å². The van der Waals surface area contributed by atoms with Crippen LogP contribution in [0.4, 0.5) is 11.4 Å². The summed E-state index contributed by atoms with van der Waals surface area (Å²) >= 11 is 0. The van der Waals surface area contributed by atoms with Gasteiger partial charge in [0.05, 0.1) is 11.0 Å². The molecule has 1 aromatic carbocycles. The molecule has 0 bridgehead atoms. The number of aromatic nitrogens is 1. The largest absolute Gasteiger partial charge is 0.473 e. The van der Waals surface area contributed by atoms with E-state index in [2.05, 4.69) is 9.71 Å². The maximum absolute atomic E-state index is 12.3. The molecule has 0 unspecified atom stereocenters. The molecule has 1 aromatic heterocycles. The number of hydrogen-bond donors (Lipinski definition) is 2. The Morgan fingerprint density at radius 1 is 1.24 bits per heavy atom. The summed E-state index contributed by atoms with van der Waals surface area (Å²) in [6, 6.07) is 9.29. The second kappa shape index (κ2) is 6.01. The number of rotatable bonds is 5. The SMILES string of the molecule is CC(C)Oc1ncccc1NS(=O)(=O)c1cccc(N)c1. The highest BCUT2D eigenvalue weighted by atomic mass is 32.2. The Morgan fingerprint density at radius 2 is 2.00 bits per heavy atom. The van der Waals surface area contributed by atoms with Gasteiger partial charge in [0.25, 0.3) is 10.0 Å². The van der Waals surface area contributed by atoms with Crippen LogP contribution in [0.25, 0.3) is 0 Å². The summed E-state index contributed by atoms with van der Waals surface area (Å²) in [7, 11) is -3.74. The highest BCUT2D eigenvalue weighted by Gasteiger charge is 2.17. The molecule has 0 aliphatic rings. The monoisotopic (exact) mass is 307 g/mol. The topological polar surface area (TPSA) is 94.3 Å². The van der Waals surface area contributed by atoms with Crippen molar-refractivity contribution < 1.29 is 13.2 Å². The molecular formula is C14H17N3O3S. The zero-order valence-electron chi connectivity index (χ0n) is 11.8. The molecule has 0 amide bonds. The molecular weight excluding hydrogens is 290 g/mol. The molecule has 0 aliphatic carbocycles. The van der Waals surface area contributed by atoms with Crippen molar-refractivity contribution in [3.63, 3.8) is 0 Å². The van der Waals surface area contributed by atoms with E-state index in [0.717, 1.165) is 0 Å². The lowest BCUT2D eigenvalue weighted by atomic mass is 10.3. The van der Waals surface area contributed by atoms with E-state index in [0.29, 0.717) is 5.69 Å². The number of anilines is 2. The van der Waals surface area contributed by atoms with Crippen molar-refractivity contribution in [1.82, 2.24) is 4.98 Å². The van der Waals surface area contributed by atoms with Crippen LogP contribution >= 0.6 is 0 Å². The van der Waals surface area contributed by atoms with Gasteiger partial charge in [0.1, 0.15) is 5.69 Å². The van der Waals surface area contributed by atoms with Crippen LogP contribution in [0.2, 0.25) is 0 Å². The third kappa shape index (κ3) is 3.85. The average molecular weight is 307 g/mol. The van der Waals surface area contributed by atoms with E-state index in [1.807, 2.05) is 13.8 Å². The van der Waals surface area contributed by atoms with Crippen molar-refractivity contribution >= 4 is 21.4 Å². The van der Waals surface area contributed by atoms with Gasteiger partial charge in [-0.2, -0.15) is 0 Å². The first-order chi connectivity index (χ1) is 9.88. The van der Waals surface area contributed by atoms with Gasteiger partial charge in [0.15, 0.2) is 0 Å². The van der Waals surface area contributed by atoms with Crippen LogP contribution in [-0.2, 0) is 10.0 Å². The Balaban J connectivity index is 2.33. The molecule has 7 heteroatoms. The smallest absolute Gasteiger partial charge is 0.262 e. The molecule has 0 radical (unpaired) electrons. The minimum Gasteiger partial charge on any atom is -0.473 e. The molecule has 0 fully saturated rings. The molecule has 2 rings (SSSR count). The van der Waals surface area contributed by atoms with Crippen molar-refractivity contribution in [3.8, 4) is 5.88 Å². The summed E-state index contributed by atoms with van der Waals surface area (Å²) in [5.74, 6) is 0.236. The van der Waals surface area contributed by atoms with Crippen molar-refractivity contribution in [2.45, 2.75) is 24.8 Å². The van der Waals surface area contributed by atoms with Gasteiger partial charge < -0.3 is 10.5 Å². The van der Waals surface area contributed by atoms with Gasteiger partial charge in [-0.3, -0.25) is 4.72 Å². The fraction of sp³-hybridized carbons (Fsp3) is 0.214. The second-order valence-corrected chi connectivity index (χ2v) is 6.38. The fourth-order valence-corrected chi connectivity index (χ4v) is 2.78. The third-order valence-corrected chi connectivity index (χ3v) is 3.89. The van der Waals surface area contributed by atoms with E-state index in [4.69, 9.17) is 10.5 Å². The van der Waals surface area contributed by atoms with E-state index in [1.165, 1.54) is 18.3 Å². The number of pyridine rings is 1. The summed E-state index contributed by atoms with van der Waals surface area (Å²) in [6.45, 7) is 3.68. The number of sulfonamides is 1. The van der Waals surface area contributed by atoms with Gasteiger partial charge >= 0.3 is 0 Å². The number of benzene rings is 1. The summed E-state index contributed by atoms with van der Waals surface area (Å²) in [4.78, 5) is 4.13. The number of nitrogens with two attached hydrogens (primary N) is 1. The van der Waals surface area contributed by atoms with Gasteiger partial charge in [-0.1, -0.05) is 6.07 Å². The van der Waals surface area contributed by atoms with Crippen molar-refractivity contribution in [2.24, 2.45) is 0 Å². The Labute approximate surface area is 124 Å². The van der Waals surface area contributed by atoms with Crippen LogP contribution in [0, 0.1) is 0 Å². The Bertz CT molecular complexity index is 730. The molecule has 0 saturated carbocycles. The molecule has 0 spiro atoms. The van der Waals surface area contributed by atoms with Crippen LogP contribution in [0.15, 0.2) is 47.5 Å². The molecule has 0 atom stereocenters. The molecule has 0 saturated heterocycles. The lowest BCUT2D eigenvalue weighted by molar-refractivity contribution is 0.234. The van der Waals surface area contributed by atoms with Crippen molar-refractivity contribution in [2.75, 3.05) is 10.5 Å².